The third-order valence-electron chi connectivity index (χ3n) is 4.21. The number of ether oxygens (including phenoxy) is 2. The molecule has 28 heavy (non-hydrogen) atoms. The van der Waals surface area contributed by atoms with Gasteiger partial charge in [-0.3, -0.25) is 4.79 Å². The van der Waals surface area contributed by atoms with Crippen LogP contribution in [-0.4, -0.2) is 18.2 Å². The minimum atomic E-state index is -0.205. The average molecular weight is 378 g/mol. The van der Waals surface area contributed by atoms with Crippen molar-refractivity contribution in [3.8, 4) is 11.5 Å². The van der Waals surface area contributed by atoms with E-state index < -0.39 is 0 Å². The molecule has 144 valence electrons. The minimum absolute atomic E-state index is 0.205. The number of anilines is 1. The molecule has 2 aromatic carbocycles. The second-order valence-corrected chi connectivity index (χ2v) is 6.19. The van der Waals surface area contributed by atoms with Crippen molar-refractivity contribution in [3.63, 3.8) is 0 Å². The van der Waals surface area contributed by atoms with Gasteiger partial charge < -0.3 is 19.3 Å². The van der Waals surface area contributed by atoms with Gasteiger partial charge in [-0.2, -0.15) is 0 Å². The van der Waals surface area contributed by atoms with E-state index in [1.165, 1.54) is 6.08 Å². The van der Waals surface area contributed by atoms with Crippen LogP contribution in [0, 0.1) is 13.8 Å². The maximum Gasteiger partial charge on any atom is 0.248 e. The lowest BCUT2D eigenvalue weighted by molar-refractivity contribution is -0.111. The van der Waals surface area contributed by atoms with Crippen LogP contribution in [0.1, 0.15) is 22.6 Å². The molecule has 3 aromatic rings. The quantitative estimate of drug-likeness (QED) is 0.612. The number of aryl methyl sites for hydroxylation is 2. The van der Waals surface area contributed by atoms with Crippen LogP contribution >= 0.6 is 0 Å². The second kappa shape index (κ2) is 8.90. The molecule has 0 bridgehead atoms. The van der Waals surface area contributed by atoms with E-state index in [0.29, 0.717) is 18.1 Å². The lowest BCUT2D eigenvalue weighted by Gasteiger charge is -2.11. The molecule has 0 aliphatic rings. The second-order valence-electron chi connectivity index (χ2n) is 6.19. The number of amides is 1. The molecule has 0 aliphatic carbocycles. The number of methoxy groups -OCH3 is 1. The summed E-state index contributed by atoms with van der Waals surface area (Å²) in [5.41, 5.74) is 3.30. The molecule has 6 heteroatoms. The summed E-state index contributed by atoms with van der Waals surface area (Å²) in [6.45, 7) is 4.07. The Morgan fingerprint density at radius 1 is 1.14 bits per heavy atom. The Balaban J connectivity index is 1.66. The zero-order chi connectivity index (χ0) is 19.9. The molecular weight excluding hydrogens is 356 g/mol. The van der Waals surface area contributed by atoms with Gasteiger partial charge in [-0.1, -0.05) is 29.4 Å². The zero-order valence-corrected chi connectivity index (χ0v) is 16.1. The van der Waals surface area contributed by atoms with Gasteiger partial charge in [0.25, 0.3) is 0 Å². The molecule has 0 saturated heterocycles. The van der Waals surface area contributed by atoms with E-state index >= 15 is 0 Å². The van der Waals surface area contributed by atoms with Gasteiger partial charge in [-0.25, -0.2) is 0 Å². The number of para-hydroxylation sites is 1. The van der Waals surface area contributed by atoms with Crippen LogP contribution in [0.5, 0.6) is 11.5 Å². The summed E-state index contributed by atoms with van der Waals surface area (Å²) >= 11 is 0. The van der Waals surface area contributed by atoms with Crippen LogP contribution in [-0.2, 0) is 11.4 Å². The van der Waals surface area contributed by atoms with Crippen molar-refractivity contribution in [2.45, 2.75) is 20.5 Å². The zero-order valence-electron chi connectivity index (χ0n) is 16.1. The van der Waals surface area contributed by atoms with Crippen molar-refractivity contribution in [1.82, 2.24) is 5.16 Å². The van der Waals surface area contributed by atoms with Crippen molar-refractivity contribution >= 4 is 17.7 Å². The van der Waals surface area contributed by atoms with E-state index in [1.54, 1.807) is 13.2 Å². The summed E-state index contributed by atoms with van der Waals surface area (Å²) in [4.78, 5) is 12.0. The summed E-state index contributed by atoms with van der Waals surface area (Å²) in [7, 11) is 1.58. The predicted molar refractivity (Wildman–Crippen MR) is 107 cm³/mol. The average Bonchev–Trinajstić information content (AvgIpc) is 3.03. The number of nitrogens with one attached hydrogen (secondary N) is 1. The number of rotatable bonds is 7. The molecule has 1 amide bonds. The van der Waals surface area contributed by atoms with Gasteiger partial charge in [0.05, 0.1) is 18.4 Å². The topological polar surface area (TPSA) is 73.6 Å². The summed E-state index contributed by atoms with van der Waals surface area (Å²) in [5, 5.41) is 6.72. The lowest BCUT2D eigenvalue weighted by Crippen LogP contribution is -2.07. The molecule has 1 N–H and O–H groups in total. The van der Waals surface area contributed by atoms with Crippen LogP contribution in [0.15, 0.2) is 59.1 Å². The molecule has 0 fully saturated rings. The van der Waals surface area contributed by atoms with Gasteiger partial charge in [-0.05, 0) is 49.8 Å². The minimum Gasteiger partial charge on any atom is -0.493 e. The first-order valence-corrected chi connectivity index (χ1v) is 8.83. The summed E-state index contributed by atoms with van der Waals surface area (Å²) in [5.74, 6) is 1.72. The molecule has 1 aromatic heterocycles. The molecule has 6 nitrogen and oxygen atoms in total. The molecule has 0 atom stereocenters. The van der Waals surface area contributed by atoms with Gasteiger partial charge in [0, 0.05) is 11.8 Å². The van der Waals surface area contributed by atoms with Crippen molar-refractivity contribution in [1.29, 1.82) is 0 Å². The highest BCUT2D eigenvalue weighted by molar-refractivity contribution is 6.01. The number of nitrogens with zero attached hydrogens (tertiary/aromatic N) is 1. The third-order valence-corrected chi connectivity index (χ3v) is 4.21. The number of carbonyl (C=O) groups excluding carboxylic acids is 1. The Bertz CT molecular complexity index is 958. The number of hydrogen-bond donors (Lipinski definition) is 1. The standard InChI is InChI=1S/C22H22N2O4/c1-15-19(16(2)28-24-15)14-27-20-11-9-17(13-21(20)26-3)10-12-22(25)23-18-7-5-4-6-8-18/h4-13H,14H2,1-3H3,(H,23,25)/b12-10+. The number of aromatic nitrogens is 1. The fourth-order valence-electron chi connectivity index (χ4n) is 2.64. The first-order chi connectivity index (χ1) is 13.6. The summed E-state index contributed by atoms with van der Waals surface area (Å²) in [6, 6.07) is 14.8. The van der Waals surface area contributed by atoms with E-state index in [1.807, 2.05) is 62.4 Å². The number of benzene rings is 2. The molecule has 1 heterocycles. The predicted octanol–water partition coefficient (Wildman–Crippen LogP) is 4.53. The SMILES string of the molecule is COc1cc(/C=C/C(=O)Nc2ccccc2)ccc1OCc1c(C)noc1C. The molecule has 0 aliphatic heterocycles. The van der Waals surface area contributed by atoms with Crippen LogP contribution in [0.2, 0.25) is 0 Å². The smallest absolute Gasteiger partial charge is 0.248 e. The summed E-state index contributed by atoms with van der Waals surface area (Å²) < 4.78 is 16.4. The largest absolute Gasteiger partial charge is 0.493 e. The van der Waals surface area contributed by atoms with E-state index in [-0.39, 0.29) is 5.91 Å². The van der Waals surface area contributed by atoms with Gasteiger partial charge in [0.2, 0.25) is 5.91 Å². The lowest BCUT2D eigenvalue weighted by atomic mass is 10.2. The van der Waals surface area contributed by atoms with Crippen molar-refractivity contribution in [2.24, 2.45) is 0 Å². The molecule has 3 rings (SSSR count). The Morgan fingerprint density at radius 2 is 1.93 bits per heavy atom. The van der Waals surface area contributed by atoms with Gasteiger partial charge in [-0.15, -0.1) is 0 Å². The van der Waals surface area contributed by atoms with Crippen molar-refractivity contribution < 1.29 is 18.8 Å². The third kappa shape index (κ3) is 4.79. The Hall–Kier alpha value is -3.54. The molecule has 0 radical (unpaired) electrons. The van der Waals surface area contributed by atoms with Gasteiger partial charge in [0.15, 0.2) is 11.5 Å². The molecule has 0 spiro atoms. The van der Waals surface area contributed by atoms with Crippen molar-refractivity contribution in [3.05, 3.63) is 77.2 Å². The highest BCUT2D eigenvalue weighted by atomic mass is 16.5. The first-order valence-electron chi connectivity index (χ1n) is 8.83. The number of hydrogen-bond acceptors (Lipinski definition) is 5. The van der Waals surface area contributed by atoms with Gasteiger partial charge >= 0.3 is 0 Å². The summed E-state index contributed by atoms with van der Waals surface area (Å²) in [6.07, 6.45) is 3.20. The molecule has 0 unspecified atom stereocenters. The Morgan fingerprint density at radius 3 is 2.61 bits per heavy atom. The fourth-order valence-corrected chi connectivity index (χ4v) is 2.64. The monoisotopic (exact) mass is 378 g/mol. The maximum absolute atomic E-state index is 12.0. The van der Waals surface area contributed by atoms with Crippen LogP contribution in [0.3, 0.4) is 0 Å². The molecule has 0 saturated carbocycles. The van der Waals surface area contributed by atoms with Crippen LogP contribution in [0.4, 0.5) is 5.69 Å². The van der Waals surface area contributed by atoms with E-state index in [0.717, 1.165) is 28.3 Å². The Labute approximate surface area is 163 Å². The van der Waals surface area contributed by atoms with E-state index in [4.69, 9.17) is 14.0 Å². The van der Waals surface area contributed by atoms with E-state index in [9.17, 15) is 4.79 Å². The normalized spacial score (nSPS) is 10.8. The van der Waals surface area contributed by atoms with E-state index in [2.05, 4.69) is 10.5 Å². The Kier molecular flexibility index (Phi) is 6.11. The van der Waals surface area contributed by atoms with Gasteiger partial charge in [0.1, 0.15) is 12.4 Å². The molecular formula is C22H22N2O4. The highest BCUT2D eigenvalue weighted by Gasteiger charge is 2.12. The van der Waals surface area contributed by atoms with Crippen LogP contribution < -0.4 is 14.8 Å². The fraction of sp³-hybridized carbons (Fsp3) is 0.182. The maximum atomic E-state index is 12.0. The highest BCUT2D eigenvalue weighted by Crippen LogP contribution is 2.30. The first kappa shape index (κ1) is 19.2. The van der Waals surface area contributed by atoms with Crippen LogP contribution in [0.25, 0.3) is 6.08 Å². The van der Waals surface area contributed by atoms with Crippen molar-refractivity contribution in [2.75, 3.05) is 12.4 Å². The number of carbonyl (C=O) groups is 1.